The zero-order valence-electron chi connectivity index (χ0n) is 21.1. The van der Waals surface area contributed by atoms with Gasteiger partial charge in [0, 0.05) is 29.1 Å². The first-order chi connectivity index (χ1) is 17.9. The SMILES string of the molecule is COC(=O)c1ccc(NC(=O)c2cc3nccc(-c4cc(OC)c(OC)c(C5CCC5C)c4)n3n2)cc1. The highest BCUT2D eigenvalue weighted by Crippen LogP contribution is 2.49. The summed E-state index contributed by atoms with van der Waals surface area (Å²) in [5.74, 6) is 1.53. The summed E-state index contributed by atoms with van der Waals surface area (Å²) in [6.07, 6.45) is 3.98. The molecule has 1 fully saturated rings. The number of aromatic nitrogens is 3. The number of anilines is 1. The molecule has 0 spiro atoms. The molecular formula is C28H28N4O5. The molecule has 1 aliphatic rings. The van der Waals surface area contributed by atoms with Crippen molar-refractivity contribution in [1.29, 1.82) is 0 Å². The molecule has 1 amide bonds. The van der Waals surface area contributed by atoms with Crippen molar-refractivity contribution in [2.75, 3.05) is 26.6 Å². The number of hydrogen-bond acceptors (Lipinski definition) is 7. The fourth-order valence-corrected chi connectivity index (χ4v) is 4.77. The normalized spacial score (nSPS) is 16.6. The first-order valence-corrected chi connectivity index (χ1v) is 12.0. The number of carbonyl (C=O) groups excluding carboxylic acids is 2. The van der Waals surface area contributed by atoms with E-state index in [1.54, 1.807) is 55.3 Å². The molecular weight excluding hydrogens is 472 g/mol. The van der Waals surface area contributed by atoms with Crippen LogP contribution in [0.25, 0.3) is 16.9 Å². The van der Waals surface area contributed by atoms with E-state index in [1.165, 1.54) is 13.5 Å². The molecule has 0 radical (unpaired) electrons. The Kier molecular flexibility index (Phi) is 6.52. The predicted molar refractivity (Wildman–Crippen MR) is 138 cm³/mol. The highest BCUT2D eigenvalue weighted by molar-refractivity contribution is 6.03. The number of fused-ring (bicyclic) bond motifs is 1. The van der Waals surface area contributed by atoms with Crippen LogP contribution >= 0.6 is 0 Å². The molecule has 5 rings (SSSR count). The minimum Gasteiger partial charge on any atom is -0.493 e. The van der Waals surface area contributed by atoms with E-state index in [0.717, 1.165) is 29.0 Å². The number of carbonyl (C=O) groups is 2. The summed E-state index contributed by atoms with van der Waals surface area (Å²) >= 11 is 0. The lowest BCUT2D eigenvalue weighted by atomic mass is 9.70. The van der Waals surface area contributed by atoms with Crippen molar-refractivity contribution < 1.29 is 23.8 Å². The smallest absolute Gasteiger partial charge is 0.337 e. The topological polar surface area (TPSA) is 104 Å². The first kappa shape index (κ1) is 24.3. The Labute approximate surface area is 214 Å². The minimum atomic E-state index is -0.443. The van der Waals surface area contributed by atoms with E-state index in [9.17, 15) is 9.59 Å². The zero-order valence-corrected chi connectivity index (χ0v) is 21.1. The van der Waals surface area contributed by atoms with Gasteiger partial charge >= 0.3 is 5.97 Å². The van der Waals surface area contributed by atoms with Crippen LogP contribution in [0.1, 0.15) is 52.1 Å². The monoisotopic (exact) mass is 500 g/mol. The molecule has 2 unspecified atom stereocenters. The van der Waals surface area contributed by atoms with Crippen LogP contribution in [0.2, 0.25) is 0 Å². The van der Waals surface area contributed by atoms with Gasteiger partial charge in [0.1, 0.15) is 0 Å². The average Bonchev–Trinajstić information content (AvgIpc) is 3.36. The standard InChI is InChI=1S/C28H28N4O5/c1-16-5-10-20(16)21-13-18(14-24(35-2)26(21)36-3)23-11-12-29-25-15-22(31-32(23)25)27(33)30-19-8-6-17(7-9-19)28(34)37-4/h6-9,11-16,20H,5,10H2,1-4H3,(H,30,33). The number of nitrogens with one attached hydrogen (secondary N) is 1. The van der Waals surface area contributed by atoms with Gasteiger partial charge in [0.15, 0.2) is 22.8 Å². The average molecular weight is 501 g/mol. The highest BCUT2D eigenvalue weighted by atomic mass is 16.5. The Morgan fingerprint density at radius 3 is 2.41 bits per heavy atom. The molecule has 2 aromatic carbocycles. The summed E-state index contributed by atoms with van der Waals surface area (Å²) in [4.78, 5) is 29.0. The van der Waals surface area contributed by atoms with E-state index in [0.29, 0.717) is 34.5 Å². The van der Waals surface area contributed by atoms with Crippen molar-refractivity contribution in [2.45, 2.75) is 25.7 Å². The largest absolute Gasteiger partial charge is 0.493 e. The molecule has 4 aromatic rings. The Morgan fingerprint density at radius 2 is 1.78 bits per heavy atom. The molecule has 2 aromatic heterocycles. The van der Waals surface area contributed by atoms with Gasteiger partial charge in [0.2, 0.25) is 0 Å². The third kappa shape index (κ3) is 4.48. The number of ether oxygens (including phenoxy) is 3. The molecule has 1 saturated carbocycles. The summed E-state index contributed by atoms with van der Waals surface area (Å²) in [6.45, 7) is 2.25. The third-order valence-corrected chi connectivity index (χ3v) is 6.98. The number of esters is 1. The highest BCUT2D eigenvalue weighted by Gasteiger charge is 2.32. The Hall–Kier alpha value is -4.40. The molecule has 1 aliphatic carbocycles. The van der Waals surface area contributed by atoms with Gasteiger partial charge in [-0.15, -0.1) is 0 Å². The van der Waals surface area contributed by atoms with Gasteiger partial charge in [-0.25, -0.2) is 14.3 Å². The van der Waals surface area contributed by atoms with Gasteiger partial charge < -0.3 is 19.5 Å². The second-order valence-corrected chi connectivity index (χ2v) is 9.11. The number of rotatable bonds is 7. The number of hydrogen-bond donors (Lipinski definition) is 1. The van der Waals surface area contributed by atoms with Crippen LogP contribution in [0.3, 0.4) is 0 Å². The molecule has 37 heavy (non-hydrogen) atoms. The van der Waals surface area contributed by atoms with Gasteiger partial charge in [0.25, 0.3) is 5.91 Å². The maximum absolute atomic E-state index is 13.0. The summed E-state index contributed by atoms with van der Waals surface area (Å²) in [6, 6.07) is 14.0. The molecule has 9 heteroatoms. The molecule has 190 valence electrons. The lowest BCUT2D eigenvalue weighted by Crippen LogP contribution is -2.21. The van der Waals surface area contributed by atoms with Gasteiger partial charge in [-0.2, -0.15) is 5.10 Å². The molecule has 9 nitrogen and oxygen atoms in total. The fraction of sp³-hybridized carbons (Fsp3) is 0.286. The van der Waals surface area contributed by atoms with E-state index in [4.69, 9.17) is 14.2 Å². The van der Waals surface area contributed by atoms with Gasteiger partial charge in [0.05, 0.1) is 32.6 Å². The maximum atomic E-state index is 13.0. The van der Waals surface area contributed by atoms with Crippen LogP contribution < -0.4 is 14.8 Å². The van der Waals surface area contributed by atoms with Crippen LogP contribution in [0, 0.1) is 5.92 Å². The van der Waals surface area contributed by atoms with Gasteiger partial charge in [-0.3, -0.25) is 4.79 Å². The Balaban J connectivity index is 1.49. The number of amides is 1. The lowest BCUT2D eigenvalue weighted by molar-refractivity contribution is 0.0600. The number of benzene rings is 2. The summed E-state index contributed by atoms with van der Waals surface area (Å²) in [7, 11) is 4.61. The molecule has 2 heterocycles. The van der Waals surface area contributed by atoms with E-state index in [1.807, 2.05) is 12.1 Å². The van der Waals surface area contributed by atoms with Crippen molar-refractivity contribution in [3.05, 3.63) is 71.5 Å². The van der Waals surface area contributed by atoms with Crippen molar-refractivity contribution in [2.24, 2.45) is 5.92 Å². The Bertz CT molecular complexity index is 1480. The van der Waals surface area contributed by atoms with E-state index >= 15 is 0 Å². The quantitative estimate of drug-likeness (QED) is 0.358. The second-order valence-electron chi connectivity index (χ2n) is 9.11. The molecule has 1 N–H and O–H groups in total. The predicted octanol–water partition coefficient (Wildman–Crippen LogP) is 4.97. The van der Waals surface area contributed by atoms with Gasteiger partial charge in [-0.05, 0) is 67.1 Å². The fourth-order valence-electron chi connectivity index (χ4n) is 4.77. The van der Waals surface area contributed by atoms with Crippen LogP contribution in [-0.2, 0) is 4.74 Å². The summed E-state index contributed by atoms with van der Waals surface area (Å²) < 4.78 is 17.8. The van der Waals surface area contributed by atoms with Crippen LogP contribution in [0.15, 0.2) is 54.7 Å². The van der Waals surface area contributed by atoms with E-state index in [2.05, 4.69) is 28.4 Å². The Morgan fingerprint density at radius 1 is 1.00 bits per heavy atom. The third-order valence-electron chi connectivity index (χ3n) is 6.98. The molecule has 0 aliphatic heterocycles. The van der Waals surface area contributed by atoms with Crippen molar-refractivity contribution in [3.8, 4) is 22.8 Å². The van der Waals surface area contributed by atoms with Crippen molar-refractivity contribution in [1.82, 2.24) is 14.6 Å². The van der Waals surface area contributed by atoms with Crippen molar-refractivity contribution >= 4 is 23.2 Å². The van der Waals surface area contributed by atoms with Crippen molar-refractivity contribution in [3.63, 3.8) is 0 Å². The van der Waals surface area contributed by atoms with Crippen LogP contribution in [0.5, 0.6) is 11.5 Å². The zero-order chi connectivity index (χ0) is 26.1. The molecule has 2 atom stereocenters. The van der Waals surface area contributed by atoms with Gasteiger partial charge in [-0.1, -0.05) is 6.92 Å². The van der Waals surface area contributed by atoms with E-state index < -0.39 is 11.9 Å². The molecule has 0 saturated heterocycles. The van der Waals surface area contributed by atoms with Crippen LogP contribution in [-0.4, -0.2) is 47.8 Å². The lowest BCUT2D eigenvalue weighted by Gasteiger charge is -2.35. The summed E-state index contributed by atoms with van der Waals surface area (Å²) in [5, 5.41) is 7.37. The summed E-state index contributed by atoms with van der Waals surface area (Å²) in [5.41, 5.74) is 4.46. The first-order valence-electron chi connectivity index (χ1n) is 12.0. The molecule has 0 bridgehead atoms. The van der Waals surface area contributed by atoms with Crippen LogP contribution in [0.4, 0.5) is 5.69 Å². The number of nitrogens with zero attached hydrogens (tertiary/aromatic N) is 3. The second kappa shape index (κ2) is 9.93. The maximum Gasteiger partial charge on any atom is 0.337 e. The number of methoxy groups -OCH3 is 3. The minimum absolute atomic E-state index is 0.213. The van der Waals surface area contributed by atoms with E-state index in [-0.39, 0.29) is 5.69 Å².